The van der Waals surface area contributed by atoms with Gasteiger partial charge in [0.05, 0.1) is 7.11 Å². The van der Waals surface area contributed by atoms with E-state index in [4.69, 9.17) is 4.74 Å². The predicted octanol–water partition coefficient (Wildman–Crippen LogP) is 1.74. The van der Waals surface area contributed by atoms with Gasteiger partial charge >= 0.3 is 0 Å². The number of hydrogen-bond donors (Lipinski definition) is 2. The Bertz CT molecular complexity index is 363. The molecular formula is C15H24N2O2. The Labute approximate surface area is 115 Å². The molecule has 0 spiro atoms. The Morgan fingerprint density at radius 1 is 1.16 bits per heavy atom. The summed E-state index contributed by atoms with van der Waals surface area (Å²) in [5, 5.41) is 6.14. The number of amides is 1. The predicted molar refractivity (Wildman–Crippen MR) is 77.5 cm³/mol. The summed E-state index contributed by atoms with van der Waals surface area (Å²) in [5.74, 6) is 0.965. The maximum atomic E-state index is 11.5. The van der Waals surface area contributed by atoms with Gasteiger partial charge in [0.25, 0.3) is 0 Å². The van der Waals surface area contributed by atoms with Crippen molar-refractivity contribution in [2.24, 2.45) is 0 Å². The lowest BCUT2D eigenvalue weighted by atomic mass is 10.1. The Balaban J connectivity index is 2.13. The van der Waals surface area contributed by atoms with Crippen LogP contribution in [0.1, 0.15) is 25.3 Å². The van der Waals surface area contributed by atoms with Gasteiger partial charge in [0, 0.05) is 19.5 Å². The van der Waals surface area contributed by atoms with Crippen molar-refractivity contribution in [1.29, 1.82) is 0 Å². The Morgan fingerprint density at radius 2 is 1.89 bits per heavy atom. The van der Waals surface area contributed by atoms with E-state index in [1.54, 1.807) is 7.11 Å². The second kappa shape index (κ2) is 9.39. The molecule has 0 saturated heterocycles. The molecule has 0 fully saturated rings. The Kier molecular flexibility index (Phi) is 7.66. The lowest BCUT2D eigenvalue weighted by molar-refractivity contribution is -0.120. The van der Waals surface area contributed by atoms with Gasteiger partial charge in [-0.05, 0) is 37.1 Å². The van der Waals surface area contributed by atoms with Crippen molar-refractivity contribution >= 4 is 5.91 Å². The van der Waals surface area contributed by atoms with Crippen molar-refractivity contribution in [1.82, 2.24) is 10.6 Å². The molecule has 19 heavy (non-hydrogen) atoms. The van der Waals surface area contributed by atoms with Crippen LogP contribution in [0.2, 0.25) is 0 Å². The van der Waals surface area contributed by atoms with Crippen molar-refractivity contribution in [3.05, 3.63) is 29.8 Å². The van der Waals surface area contributed by atoms with Crippen LogP contribution in [-0.2, 0) is 11.2 Å². The first kappa shape index (κ1) is 15.5. The zero-order valence-electron chi connectivity index (χ0n) is 11.9. The molecule has 0 aliphatic carbocycles. The van der Waals surface area contributed by atoms with Gasteiger partial charge in [0.1, 0.15) is 5.75 Å². The minimum absolute atomic E-state index is 0.108. The number of rotatable bonds is 9. The van der Waals surface area contributed by atoms with Gasteiger partial charge in [0.15, 0.2) is 0 Å². The number of methoxy groups -OCH3 is 1. The van der Waals surface area contributed by atoms with E-state index in [0.29, 0.717) is 13.0 Å². The van der Waals surface area contributed by atoms with E-state index in [1.807, 2.05) is 24.3 Å². The fraction of sp³-hybridized carbons (Fsp3) is 0.533. The van der Waals surface area contributed by atoms with Crippen LogP contribution in [0.15, 0.2) is 24.3 Å². The van der Waals surface area contributed by atoms with Gasteiger partial charge in [0.2, 0.25) is 5.91 Å². The number of hydrogen-bond acceptors (Lipinski definition) is 3. The van der Waals surface area contributed by atoms with Crippen LogP contribution in [0.25, 0.3) is 0 Å². The minimum atomic E-state index is 0.108. The molecule has 4 heteroatoms. The highest BCUT2D eigenvalue weighted by atomic mass is 16.5. The number of benzene rings is 1. The number of carbonyl (C=O) groups is 1. The smallest absolute Gasteiger partial charge is 0.221 e. The highest BCUT2D eigenvalue weighted by Crippen LogP contribution is 2.11. The third kappa shape index (κ3) is 6.82. The van der Waals surface area contributed by atoms with Crippen molar-refractivity contribution in [2.75, 3.05) is 26.7 Å². The molecule has 0 saturated carbocycles. The lowest BCUT2D eigenvalue weighted by Crippen LogP contribution is -2.29. The van der Waals surface area contributed by atoms with Crippen molar-refractivity contribution in [2.45, 2.75) is 26.2 Å². The van der Waals surface area contributed by atoms with Crippen molar-refractivity contribution < 1.29 is 9.53 Å². The molecule has 106 valence electrons. The van der Waals surface area contributed by atoms with Gasteiger partial charge < -0.3 is 15.4 Å². The van der Waals surface area contributed by atoms with Crippen molar-refractivity contribution in [3.63, 3.8) is 0 Å². The summed E-state index contributed by atoms with van der Waals surface area (Å²) in [4.78, 5) is 11.5. The van der Waals surface area contributed by atoms with Gasteiger partial charge in [-0.3, -0.25) is 4.79 Å². The molecule has 2 N–H and O–H groups in total. The largest absolute Gasteiger partial charge is 0.497 e. The van der Waals surface area contributed by atoms with Crippen LogP contribution in [0.3, 0.4) is 0 Å². The molecule has 1 rings (SSSR count). The van der Waals surface area contributed by atoms with E-state index < -0.39 is 0 Å². The van der Waals surface area contributed by atoms with Gasteiger partial charge in [-0.25, -0.2) is 0 Å². The van der Waals surface area contributed by atoms with E-state index in [-0.39, 0.29) is 5.91 Å². The van der Waals surface area contributed by atoms with Gasteiger partial charge in [-0.1, -0.05) is 19.1 Å². The first-order valence-corrected chi connectivity index (χ1v) is 6.86. The van der Waals surface area contributed by atoms with Crippen LogP contribution in [0.4, 0.5) is 0 Å². The van der Waals surface area contributed by atoms with E-state index in [1.165, 1.54) is 5.56 Å². The Hall–Kier alpha value is -1.55. The fourth-order valence-corrected chi connectivity index (χ4v) is 1.73. The Morgan fingerprint density at radius 3 is 2.53 bits per heavy atom. The van der Waals surface area contributed by atoms with E-state index in [2.05, 4.69) is 17.6 Å². The molecule has 0 bridgehead atoms. The minimum Gasteiger partial charge on any atom is -0.497 e. The summed E-state index contributed by atoms with van der Waals surface area (Å²) in [6.45, 7) is 4.52. The zero-order chi connectivity index (χ0) is 13.9. The highest BCUT2D eigenvalue weighted by molar-refractivity contribution is 5.76. The summed E-state index contributed by atoms with van der Waals surface area (Å²) in [6.07, 6.45) is 2.49. The second-order valence-electron chi connectivity index (χ2n) is 4.45. The molecule has 0 radical (unpaired) electrons. The molecule has 4 nitrogen and oxygen atoms in total. The first-order chi connectivity index (χ1) is 9.26. The second-order valence-corrected chi connectivity index (χ2v) is 4.45. The van der Waals surface area contributed by atoms with E-state index in [9.17, 15) is 4.79 Å². The van der Waals surface area contributed by atoms with E-state index >= 15 is 0 Å². The summed E-state index contributed by atoms with van der Waals surface area (Å²) in [5.41, 5.74) is 1.20. The van der Waals surface area contributed by atoms with Gasteiger partial charge in [-0.2, -0.15) is 0 Å². The molecule has 0 heterocycles. The fourth-order valence-electron chi connectivity index (χ4n) is 1.73. The highest BCUT2D eigenvalue weighted by Gasteiger charge is 2.00. The van der Waals surface area contributed by atoms with Crippen LogP contribution >= 0.6 is 0 Å². The molecule has 0 aliphatic rings. The number of nitrogens with one attached hydrogen (secondary N) is 2. The quantitative estimate of drug-likeness (QED) is 0.668. The summed E-state index contributed by atoms with van der Waals surface area (Å²) in [7, 11) is 1.65. The van der Waals surface area contributed by atoms with Crippen LogP contribution in [-0.4, -0.2) is 32.7 Å². The molecule has 0 aromatic heterocycles. The summed E-state index contributed by atoms with van der Waals surface area (Å²) < 4.78 is 5.10. The molecule has 1 amide bonds. The SMILES string of the molecule is CCCNCCC(=O)NCCc1ccc(OC)cc1. The molecular weight excluding hydrogens is 240 g/mol. The monoisotopic (exact) mass is 264 g/mol. The first-order valence-electron chi connectivity index (χ1n) is 6.86. The topological polar surface area (TPSA) is 50.4 Å². The zero-order valence-corrected chi connectivity index (χ0v) is 11.9. The third-order valence-corrected chi connectivity index (χ3v) is 2.85. The summed E-state index contributed by atoms with van der Waals surface area (Å²) >= 11 is 0. The van der Waals surface area contributed by atoms with Crippen LogP contribution in [0.5, 0.6) is 5.75 Å². The van der Waals surface area contributed by atoms with Crippen LogP contribution < -0.4 is 15.4 Å². The number of ether oxygens (including phenoxy) is 1. The molecule has 1 aromatic carbocycles. The molecule has 0 aliphatic heterocycles. The average Bonchev–Trinajstić information content (AvgIpc) is 2.44. The maximum Gasteiger partial charge on any atom is 0.221 e. The molecule has 0 atom stereocenters. The third-order valence-electron chi connectivity index (χ3n) is 2.85. The normalized spacial score (nSPS) is 10.2. The number of carbonyl (C=O) groups excluding carboxylic acids is 1. The summed E-state index contributed by atoms with van der Waals surface area (Å²) in [6, 6.07) is 7.92. The van der Waals surface area contributed by atoms with E-state index in [0.717, 1.165) is 31.7 Å². The van der Waals surface area contributed by atoms with Crippen molar-refractivity contribution in [3.8, 4) is 5.75 Å². The molecule has 0 unspecified atom stereocenters. The lowest BCUT2D eigenvalue weighted by Gasteiger charge is -2.06. The standard InChI is InChI=1S/C15H24N2O2/c1-3-10-16-11-9-15(18)17-12-8-13-4-6-14(19-2)7-5-13/h4-7,16H,3,8-12H2,1-2H3,(H,17,18). The average molecular weight is 264 g/mol. The maximum absolute atomic E-state index is 11.5. The van der Waals surface area contributed by atoms with Gasteiger partial charge in [-0.15, -0.1) is 0 Å². The van der Waals surface area contributed by atoms with Crippen LogP contribution in [0, 0.1) is 0 Å². The molecule has 1 aromatic rings.